The van der Waals surface area contributed by atoms with Gasteiger partial charge in [0.05, 0.1) is 11.4 Å². The molecule has 0 saturated carbocycles. The average Bonchev–Trinajstić information content (AvgIpc) is 2.29. The van der Waals surface area contributed by atoms with Crippen molar-refractivity contribution in [3.05, 3.63) is 12.2 Å². The highest BCUT2D eigenvalue weighted by atomic mass is 32.2. The molecule has 5 N–H and O–H groups in total. The van der Waals surface area contributed by atoms with Crippen LogP contribution in [0.2, 0.25) is 0 Å². The lowest BCUT2D eigenvalue weighted by Crippen LogP contribution is -2.39. The molecule has 0 radical (unpaired) electrons. The van der Waals surface area contributed by atoms with E-state index in [0.717, 1.165) is 25.0 Å². The van der Waals surface area contributed by atoms with Gasteiger partial charge in [-0.05, 0) is 26.2 Å². The van der Waals surface area contributed by atoms with Crippen molar-refractivity contribution < 1.29 is 0 Å². The smallest absolute Gasteiger partial charge is 0.154 e. The molecule has 0 bridgehead atoms. The van der Waals surface area contributed by atoms with Crippen LogP contribution in [0.4, 0.5) is 0 Å². The van der Waals surface area contributed by atoms with Crippen LogP contribution in [0.25, 0.3) is 0 Å². The second-order valence-electron chi connectivity index (χ2n) is 5.04. The molecule has 0 spiro atoms. The molecule has 0 amide bonds. The molecule has 2 aliphatic rings. The van der Waals surface area contributed by atoms with E-state index >= 15 is 0 Å². The zero-order valence-corrected chi connectivity index (χ0v) is 11.0. The van der Waals surface area contributed by atoms with Gasteiger partial charge < -0.3 is 11.5 Å². The van der Waals surface area contributed by atoms with E-state index in [2.05, 4.69) is 24.1 Å². The van der Waals surface area contributed by atoms with E-state index in [-0.39, 0.29) is 17.3 Å². The number of aliphatic imine (C=N–C) groups is 1. The average molecular weight is 252 g/mol. The van der Waals surface area contributed by atoms with Gasteiger partial charge in [0.15, 0.2) is 5.17 Å². The summed E-state index contributed by atoms with van der Waals surface area (Å²) in [5.41, 5.74) is 11.3. The van der Waals surface area contributed by atoms with E-state index in [1.54, 1.807) is 11.8 Å². The van der Waals surface area contributed by atoms with Crippen LogP contribution in [0.3, 0.4) is 0 Å². The number of hydrogen-bond donors (Lipinski definition) is 3. The fourth-order valence-corrected chi connectivity index (χ4v) is 3.57. The van der Waals surface area contributed by atoms with Gasteiger partial charge in [-0.3, -0.25) is 10.4 Å². The molecule has 3 atom stereocenters. The summed E-state index contributed by atoms with van der Waals surface area (Å²) in [6.07, 6.45) is 7.31. The number of amidine groups is 2. The molecular formula is C12H20N4S. The highest BCUT2D eigenvalue weighted by molar-refractivity contribution is 8.13. The molecule has 0 saturated heterocycles. The van der Waals surface area contributed by atoms with Crippen molar-refractivity contribution in [1.82, 2.24) is 0 Å². The van der Waals surface area contributed by atoms with Crippen LogP contribution in [-0.2, 0) is 0 Å². The Balaban J connectivity index is 2.12. The third-order valence-electron chi connectivity index (χ3n) is 3.79. The Morgan fingerprint density at radius 3 is 2.82 bits per heavy atom. The van der Waals surface area contributed by atoms with Crippen molar-refractivity contribution in [3.8, 4) is 0 Å². The molecule has 4 nitrogen and oxygen atoms in total. The van der Waals surface area contributed by atoms with Gasteiger partial charge in [0.2, 0.25) is 0 Å². The quantitative estimate of drug-likeness (QED) is 0.397. The molecule has 2 rings (SSSR count). The number of nitrogens with one attached hydrogen (secondary N) is 1. The van der Waals surface area contributed by atoms with Crippen molar-refractivity contribution in [2.45, 2.75) is 31.7 Å². The van der Waals surface area contributed by atoms with Crippen molar-refractivity contribution >= 4 is 22.8 Å². The van der Waals surface area contributed by atoms with Crippen LogP contribution in [0.1, 0.15) is 26.2 Å². The van der Waals surface area contributed by atoms with E-state index in [4.69, 9.17) is 16.9 Å². The Hall–Kier alpha value is -0.970. The molecule has 5 heteroatoms. The first-order chi connectivity index (χ1) is 8.01. The molecule has 0 aromatic rings. The number of hydrogen-bond acceptors (Lipinski definition) is 4. The standard InChI is InChI=1S/C12H20N4S/c1-12(6-7-17-11(15)16-12)9-4-2-8(3-5-9)10(13)14/h2,4,8-9H,3,5-7H2,1H3,(H3,13,14)(H2,15,16). The Kier molecular flexibility index (Phi) is 3.47. The Morgan fingerprint density at radius 1 is 1.53 bits per heavy atom. The second-order valence-corrected chi connectivity index (χ2v) is 6.15. The van der Waals surface area contributed by atoms with Crippen LogP contribution in [0, 0.1) is 17.2 Å². The van der Waals surface area contributed by atoms with Crippen molar-refractivity contribution in [1.29, 1.82) is 5.41 Å². The Labute approximate surface area is 106 Å². The van der Waals surface area contributed by atoms with Crippen LogP contribution in [0.15, 0.2) is 17.1 Å². The lowest BCUT2D eigenvalue weighted by atomic mass is 9.75. The monoisotopic (exact) mass is 252 g/mol. The Morgan fingerprint density at radius 2 is 2.29 bits per heavy atom. The highest BCUT2D eigenvalue weighted by Crippen LogP contribution is 2.38. The van der Waals surface area contributed by atoms with E-state index < -0.39 is 0 Å². The van der Waals surface area contributed by atoms with E-state index in [1.807, 2.05) is 0 Å². The predicted molar refractivity (Wildman–Crippen MR) is 74.4 cm³/mol. The largest absolute Gasteiger partial charge is 0.387 e. The summed E-state index contributed by atoms with van der Waals surface area (Å²) in [6, 6.07) is 0. The summed E-state index contributed by atoms with van der Waals surface area (Å²) >= 11 is 1.64. The first-order valence-electron chi connectivity index (χ1n) is 6.01. The van der Waals surface area contributed by atoms with Gasteiger partial charge in [-0.2, -0.15) is 0 Å². The fraction of sp³-hybridized carbons (Fsp3) is 0.667. The minimum absolute atomic E-state index is 0.0619. The van der Waals surface area contributed by atoms with E-state index in [0.29, 0.717) is 11.1 Å². The summed E-state index contributed by atoms with van der Waals surface area (Å²) in [4.78, 5) is 4.63. The molecule has 0 aromatic heterocycles. The van der Waals surface area contributed by atoms with Gasteiger partial charge >= 0.3 is 0 Å². The maximum Gasteiger partial charge on any atom is 0.154 e. The summed E-state index contributed by atoms with van der Waals surface area (Å²) in [5, 5.41) is 8.16. The van der Waals surface area contributed by atoms with Crippen LogP contribution < -0.4 is 11.5 Å². The lowest BCUT2D eigenvalue weighted by Gasteiger charge is -2.37. The summed E-state index contributed by atoms with van der Waals surface area (Å²) < 4.78 is 0. The van der Waals surface area contributed by atoms with Gasteiger partial charge in [-0.25, -0.2) is 0 Å². The van der Waals surface area contributed by atoms with Crippen LogP contribution >= 0.6 is 11.8 Å². The zero-order valence-electron chi connectivity index (χ0n) is 10.1. The SMILES string of the molecule is CC1(C2C=CC(C(=N)N)CC2)CCSC(N)=N1. The first-order valence-corrected chi connectivity index (χ1v) is 7.00. The predicted octanol–water partition coefficient (Wildman–Crippen LogP) is 1.72. The van der Waals surface area contributed by atoms with Crippen molar-refractivity contribution in [2.75, 3.05) is 5.75 Å². The van der Waals surface area contributed by atoms with Gasteiger partial charge in [-0.15, -0.1) is 0 Å². The van der Waals surface area contributed by atoms with Crippen LogP contribution in [0.5, 0.6) is 0 Å². The number of rotatable bonds is 2. The molecule has 3 unspecified atom stereocenters. The maximum atomic E-state index is 7.46. The molecular weight excluding hydrogens is 232 g/mol. The summed E-state index contributed by atoms with van der Waals surface area (Å²) in [7, 11) is 0. The summed E-state index contributed by atoms with van der Waals surface area (Å²) in [6.45, 7) is 2.18. The van der Waals surface area contributed by atoms with Gasteiger partial charge in [0.1, 0.15) is 0 Å². The minimum atomic E-state index is -0.0619. The zero-order chi connectivity index (χ0) is 12.5. The van der Waals surface area contributed by atoms with Crippen molar-refractivity contribution in [2.24, 2.45) is 28.3 Å². The third-order valence-corrected chi connectivity index (χ3v) is 4.58. The first kappa shape index (κ1) is 12.5. The summed E-state index contributed by atoms with van der Waals surface area (Å²) in [5.74, 6) is 1.87. The van der Waals surface area contributed by atoms with Crippen LogP contribution in [-0.4, -0.2) is 22.3 Å². The minimum Gasteiger partial charge on any atom is -0.387 e. The maximum absolute atomic E-state index is 7.46. The number of nitrogens with zero attached hydrogens (tertiary/aromatic N) is 1. The molecule has 94 valence electrons. The molecule has 1 aliphatic carbocycles. The normalized spacial score (nSPS) is 37.6. The van der Waals surface area contributed by atoms with Gasteiger partial charge in [-0.1, -0.05) is 23.9 Å². The fourth-order valence-electron chi connectivity index (χ4n) is 2.57. The highest BCUT2D eigenvalue weighted by Gasteiger charge is 2.36. The van der Waals surface area contributed by atoms with Gasteiger partial charge in [0, 0.05) is 17.6 Å². The third kappa shape index (κ3) is 2.65. The molecule has 1 heterocycles. The lowest BCUT2D eigenvalue weighted by molar-refractivity contribution is 0.306. The molecule has 1 aliphatic heterocycles. The second kappa shape index (κ2) is 4.72. The molecule has 0 aromatic carbocycles. The number of nitrogens with two attached hydrogens (primary N) is 2. The van der Waals surface area contributed by atoms with E-state index in [1.165, 1.54) is 0 Å². The topological polar surface area (TPSA) is 88.2 Å². The van der Waals surface area contributed by atoms with Gasteiger partial charge in [0.25, 0.3) is 0 Å². The molecule has 0 fully saturated rings. The van der Waals surface area contributed by atoms with E-state index in [9.17, 15) is 0 Å². The molecule has 17 heavy (non-hydrogen) atoms. The van der Waals surface area contributed by atoms with Crippen molar-refractivity contribution in [3.63, 3.8) is 0 Å². The number of thioether (sulfide) groups is 1. The Bertz CT molecular complexity index is 377.